The zero-order valence-corrected chi connectivity index (χ0v) is 10.5. The summed E-state index contributed by atoms with van der Waals surface area (Å²) in [5.74, 6) is 0. The van der Waals surface area contributed by atoms with Gasteiger partial charge < -0.3 is 0 Å². The second kappa shape index (κ2) is 16.5. The summed E-state index contributed by atoms with van der Waals surface area (Å²) in [6, 6.07) is 0. The predicted molar refractivity (Wildman–Crippen MR) is 59.7 cm³/mol. The van der Waals surface area contributed by atoms with E-state index in [0.717, 1.165) is 0 Å². The van der Waals surface area contributed by atoms with Crippen LogP contribution >= 0.6 is 34.0 Å². The third kappa shape index (κ3) is 16.0. The van der Waals surface area contributed by atoms with Gasteiger partial charge in [0.2, 0.25) is 0 Å². The van der Waals surface area contributed by atoms with Crippen molar-refractivity contribution in [2.24, 2.45) is 0 Å². The molecule has 0 amide bonds. The summed E-state index contributed by atoms with van der Waals surface area (Å²) in [6.07, 6.45) is 8.49. The molecule has 0 aromatic rings. The second-order valence-electron chi connectivity index (χ2n) is 2.41. The minimum atomic E-state index is 0. The highest BCUT2D eigenvalue weighted by atomic mass is 79.9. The SMILES string of the molecule is Br.Br.CCCCCCCC. The van der Waals surface area contributed by atoms with Crippen LogP contribution in [0.15, 0.2) is 0 Å². The van der Waals surface area contributed by atoms with E-state index in [0.29, 0.717) is 0 Å². The molecule has 0 aromatic heterocycles. The van der Waals surface area contributed by atoms with Crippen molar-refractivity contribution in [3.05, 3.63) is 0 Å². The highest BCUT2D eigenvalue weighted by Gasteiger charge is 1.83. The molecule has 0 bridgehead atoms. The van der Waals surface area contributed by atoms with E-state index in [9.17, 15) is 0 Å². The summed E-state index contributed by atoms with van der Waals surface area (Å²) < 4.78 is 0. The van der Waals surface area contributed by atoms with Gasteiger partial charge in [-0.15, -0.1) is 34.0 Å². The van der Waals surface area contributed by atoms with Crippen LogP contribution in [0.1, 0.15) is 52.4 Å². The van der Waals surface area contributed by atoms with Crippen LogP contribution in [0.3, 0.4) is 0 Å². The van der Waals surface area contributed by atoms with Gasteiger partial charge in [-0.25, -0.2) is 0 Å². The molecule has 0 rings (SSSR count). The molecule has 0 aliphatic heterocycles. The minimum Gasteiger partial charge on any atom is -0.114 e. The minimum absolute atomic E-state index is 0. The third-order valence-corrected chi connectivity index (χ3v) is 1.46. The Bertz CT molecular complexity index is 32.2. The van der Waals surface area contributed by atoms with Gasteiger partial charge in [-0.05, 0) is 0 Å². The summed E-state index contributed by atoms with van der Waals surface area (Å²) in [5, 5.41) is 0. The van der Waals surface area contributed by atoms with Crippen LogP contribution in [0.25, 0.3) is 0 Å². The van der Waals surface area contributed by atoms with Crippen LogP contribution in [0.2, 0.25) is 0 Å². The molecule has 2 heteroatoms. The van der Waals surface area contributed by atoms with E-state index in [2.05, 4.69) is 13.8 Å². The zero-order valence-electron chi connectivity index (χ0n) is 7.06. The van der Waals surface area contributed by atoms with Gasteiger partial charge in [0.25, 0.3) is 0 Å². The van der Waals surface area contributed by atoms with Crippen LogP contribution in [0.5, 0.6) is 0 Å². The van der Waals surface area contributed by atoms with Crippen LogP contribution < -0.4 is 0 Å². The Morgan fingerprint density at radius 1 is 0.600 bits per heavy atom. The van der Waals surface area contributed by atoms with E-state index < -0.39 is 0 Å². The number of hydrogen-bond acceptors (Lipinski definition) is 0. The van der Waals surface area contributed by atoms with Crippen molar-refractivity contribution in [1.82, 2.24) is 0 Å². The largest absolute Gasteiger partial charge is 0.114 e. The molecule has 0 aliphatic rings. The maximum absolute atomic E-state index is 2.26. The fraction of sp³-hybridized carbons (Fsp3) is 1.00. The van der Waals surface area contributed by atoms with E-state index in [1.165, 1.54) is 38.5 Å². The average Bonchev–Trinajstić information content (AvgIpc) is 1.81. The smallest absolute Gasteiger partial charge is 0.0533 e. The molecule has 10 heavy (non-hydrogen) atoms. The molecule has 66 valence electrons. The Morgan fingerprint density at radius 2 is 0.900 bits per heavy atom. The lowest BCUT2D eigenvalue weighted by Gasteiger charge is -1.93. The van der Waals surface area contributed by atoms with E-state index in [1.807, 2.05) is 0 Å². The summed E-state index contributed by atoms with van der Waals surface area (Å²) in [4.78, 5) is 0. The summed E-state index contributed by atoms with van der Waals surface area (Å²) in [6.45, 7) is 4.51. The summed E-state index contributed by atoms with van der Waals surface area (Å²) in [5.41, 5.74) is 0. The lowest BCUT2D eigenvalue weighted by Crippen LogP contribution is -1.73. The monoisotopic (exact) mass is 274 g/mol. The van der Waals surface area contributed by atoms with Gasteiger partial charge in [0.15, 0.2) is 0 Å². The van der Waals surface area contributed by atoms with Crippen molar-refractivity contribution in [2.45, 2.75) is 52.4 Å². The van der Waals surface area contributed by atoms with E-state index in [4.69, 9.17) is 0 Å². The molecule has 0 heterocycles. The van der Waals surface area contributed by atoms with E-state index in [1.54, 1.807) is 0 Å². The third-order valence-electron chi connectivity index (χ3n) is 1.46. The highest BCUT2D eigenvalue weighted by molar-refractivity contribution is 8.93. The molecule has 0 fully saturated rings. The first-order valence-electron chi connectivity index (χ1n) is 3.91. The van der Waals surface area contributed by atoms with Gasteiger partial charge in [0.05, 0.1) is 0 Å². The molecular formula is C8H20Br2. The molecule has 0 aromatic carbocycles. The van der Waals surface area contributed by atoms with Crippen LogP contribution in [-0.2, 0) is 0 Å². The molecule has 0 spiro atoms. The molecule has 0 atom stereocenters. The standard InChI is InChI=1S/C8H18.2BrH/c1-3-5-7-8-6-4-2;;/h3-8H2,1-2H3;2*1H. The molecule has 0 N–H and O–H groups in total. The molecule has 0 unspecified atom stereocenters. The van der Waals surface area contributed by atoms with Crippen molar-refractivity contribution in [3.63, 3.8) is 0 Å². The van der Waals surface area contributed by atoms with Gasteiger partial charge in [0.1, 0.15) is 0 Å². The van der Waals surface area contributed by atoms with Crippen molar-refractivity contribution in [2.75, 3.05) is 0 Å². The number of halogens is 2. The van der Waals surface area contributed by atoms with Crippen LogP contribution in [0.4, 0.5) is 0 Å². The van der Waals surface area contributed by atoms with E-state index >= 15 is 0 Å². The van der Waals surface area contributed by atoms with Crippen molar-refractivity contribution in [3.8, 4) is 0 Å². The lowest BCUT2D eigenvalue weighted by molar-refractivity contribution is 0.624. The number of unbranched alkanes of at least 4 members (excludes halogenated alkanes) is 5. The zero-order chi connectivity index (χ0) is 6.24. The Morgan fingerprint density at radius 3 is 1.10 bits per heavy atom. The van der Waals surface area contributed by atoms with Gasteiger partial charge in [-0.2, -0.15) is 0 Å². The average molecular weight is 276 g/mol. The first-order chi connectivity index (χ1) is 3.91. The molecule has 0 aliphatic carbocycles. The Balaban J connectivity index is -0.000000245. The van der Waals surface area contributed by atoms with E-state index in [-0.39, 0.29) is 34.0 Å². The molecule has 0 radical (unpaired) electrons. The molecular weight excluding hydrogens is 256 g/mol. The van der Waals surface area contributed by atoms with Crippen molar-refractivity contribution in [1.29, 1.82) is 0 Å². The normalized spacial score (nSPS) is 7.80. The van der Waals surface area contributed by atoms with Gasteiger partial charge in [-0.3, -0.25) is 0 Å². The van der Waals surface area contributed by atoms with Crippen LogP contribution in [0, 0.1) is 0 Å². The van der Waals surface area contributed by atoms with Crippen molar-refractivity contribution < 1.29 is 0 Å². The van der Waals surface area contributed by atoms with Gasteiger partial charge in [-0.1, -0.05) is 52.4 Å². The maximum atomic E-state index is 2.26. The Kier molecular flexibility index (Phi) is 28.3. The fourth-order valence-corrected chi connectivity index (χ4v) is 0.854. The van der Waals surface area contributed by atoms with Gasteiger partial charge in [0, 0.05) is 0 Å². The fourth-order valence-electron chi connectivity index (χ4n) is 0.854. The molecule has 0 saturated carbocycles. The summed E-state index contributed by atoms with van der Waals surface area (Å²) in [7, 11) is 0. The second-order valence-corrected chi connectivity index (χ2v) is 2.41. The quantitative estimate of drug-likeness (QED) is 0.647. The molecule has 0 nitrogen and oxygen atoms in total. The summed E-state index contributed by atoms with van der Waals surface area (Å²) >= 11 is 0. The topological polar surface area (TPSA) is 0 Å². The number of rotatable bonds is 5. The number of hydrogen-bond donors (Lipinski definition) is 0. The van der Waals surface area contributed by atoms with Crippen LogP contribution in [-0.4, -0.2) is 0 Å². The first-order valence-corrected chi connectivity index (χ1v) is 3.91. The van der Waals surface area contributed by atoms with Crippen molar-refractivity contribution >= 4 is 34.0 Å². The highest BCUT2D eigenvalue weighted by Crippen LogP contribution is 2.03. The van der Waals surface area contributed by atoms with Gasteiger partial charge >= 0.3 is 0 Å². The Hall–Kier alpha value is 0.960. The molecule has 0 saturated heterocycles. The first kappa shape index (κ1) is 17.2. The predicted octanol–water partition coefficient (Wildman–Crippen LogP) is 4.52. The lowest BCUT2D eigenvalue weighted by atomic mass is 10.1. The Labute approximate surface area is 86.3 Å². The maximum Gasteiger partial charge on any atom is -0.0533 e.